The Morgan fingerprint density at radius 1 is 1.48 bits per heavy atom. The van der Waals surface area contributed by atoms with Crippen molar-refractivity contribution in [2.45, 2.75) is 52.2 Å². The molecular weight excluding hydrogens is 298 g/mol. The van der Waals surface area contributed by atoms with Gasteiger partial charge in [-0.2, -0.15) is 4.98 Å². The fraction of sp³-hybridized carbons (Fsp3) is 0.750. The van der Waals surface area contributed by atoms with Crippen molar-refractivity contribution in [2.75, 3.05) is 31.2 Å². The molecule has 2 N–H and O–H groups in total. The van der Waals surface area contributed by atoms with Crippen LogP contribution < -0.4 is 10.6 Å². The number of nitrogens with zero attached hydrogens (tertiary/aromatic N) is 2. The zero-order valence-corrected chi connectivity index (χ0v) is 14.2. The standard InChI is InChI=1S/C16H27N3O4/c1-4-6-9-22-15(20)14-11(3)23-16(18-14)19-8-7-12(17)13(10-19)21-5-2/h12-13H,4-10,17H2,1-3H3/t12-,13+/m0/s1. The average molecular weight is 325 g/mol. The molecule has 1 saturated heterocycles. The molecule has 1 aliphatic heterocycles. The van der Waals surface area contributed by atoms with Crippen LogP contribution in [-0.4, -0.2) is 49.4 Å². The van der Waals surface area contributed by atoms with E-state index in [1.165, 1.54) is 0 Å². The van der Waals surface area contributed by atoms with Gasteiger partial charge in [0, 0.05) is 19.2 Å². The predicted molar refractivity (Wildman–Crippen MR) is 86.6 cm³/mol. The minimum absolute atomic E-state index is 0.0146. The van der Waals surface area contributed by atoms with Crippen molar-refractivity contribution < 1.29 is 18.7 Å². The number of anilines is 1. The monoisotopic (exact) mass is 325 g/mol. The maximum atomic E-state index is 12.0. The van der Waals surface area contributed by atoms with Crippen molar-refractivity contribution in [1.82, 2.24) is 4.98 Å². The third kappa shape index (κ3) is 4.45. The molecule has 2 heterocycles. The summed E-state index contributed by atoms with van der Waals surface area (Å²) in [7, 11) is 0. The molecule has 2 rings (SSSR count). The Hall–Kier alpha value is -1.60. The number of oxazole rings is 1. The number of carbonyl (C=O) groups excluding carboxylic acids is 1. The largest absolute Gasteiger partial charge is 0.461 e. The Balaban J connectivity index is 2.03. The first-order valence-electron chi connectivity index (χ1n) is 8.33. The van der Waals surface area contributed by atoms with Crippen molar-refractivity contribution in [3.63, 3.8) is 0 Å². The maximum Gasteiger partial charge on any atom is 0.360 e. The van der Waals surface area contributed by atoms with Crippen molar-refractivity contribution >= 4 is 12.0 Å². The molecule has 0 aromatic carbocycles. The van der Waals surface area contributed by atoms with Crippen LogP contribution in [0.25, 0.3) is 0 Å². The second-order valence-electron chi connectivity index (χ2n) is 5.78. The number of nitrogens with two attached hydrogens (primary N) is 1. The predicted octanol–water partition coefficient (Wildman–Crippen LogP) is 1.88. The summed E-state index contributed by atoms with van der Waals surface area (Å²) in [5.74, 6) is 0.0466. The molecule has 7 heteroatoms. The van der Waals surface area contributed by atoms with Crippen molar-refractivity contribution in [1.29, 1.82) is 0 Å². The van der Waals surface area contributed by atoms with Gasteiger partial charge in [-0.1, -0.05) is 13.3 Å². The van der Waals surface area contributed by atoms with Gasteiger partial charge < -0.3 is 24.5 Å². The normalized spacial score (nSPS) is 21.5. The Kier molecular flexibility index (Phi) is 6.41. The van der Waals surface area contributed by atoms with Crippen LogP contribution in [0, 0.1) is 6.92 Å². The number of hydrogen-bond acceptors (Lipinski definition) is 7. The van der Waals surface area contributed by atoms with Gasteiger partial charge in [0.1, 0.15) is 5.76 Å². The van der Waals surface area contributed by atoms with E-state index in [2.05, 4.69) is 4.98 Å². The lowest BCUT2D eigenvalue weighted by Gasteiger charge is -2.35. The van der Waals surface area contributed by atoms with Gasteiger partial charge in [-0.3, -0.25) is 0 Å². The lowest BCUT2D eigenvalue weighted by atomic mass is 10.0. The molecule has 23 heavy (non-hydrogen) atoms. The highest BCUT2D eigenvalue weighted by Gasteiger charge is 2.30. The minimum Gasteiger partial charge on any atom is -0.461 e. The first-order valence-corrected chi connectivity index (χ1v) is 8.33. The summed E-state index contributed by atoms with van der Waals surface area (Å²) in [6, 6.07) is 0.447. The number of aryl methyl sites for hydroxylation is 1. The average Bonchev–Trinajstić information content (AvgIpc) is 2.92. The number of ether oxygens (including phenoxy) is 2. The number of piperidine rings is 1. The number of hydrogen-bond donors (Lipinski definition) is 1. The van der Waals surface area contributed by atoms with Gasteiger partial charge in [-0.25, -0.2) is 4.79 Å². The molecule has 7 nitrogen and oxygen atoms in total. The first-order chi connectivity index (χ1) is 11.1. The highest BCUT2D eigenvalue weighted by molar-refractivity contribution is 5.88. The van der Waals surface area contributed by atoms with Gasteiger partial charge >= 0.3 is 5.97 Å². The third-order valence-corrected chi connectivity index (χ3v) is 3.97. The second kappa shape index (κ2) is 8.31. The maximum absolute atomic E-state index is 12.0. The van der Waals surface area contributed by atoms with Gasteiger partial charge in [-0.15, -0.1) is 0 Å². The lowest BCUT2D eigenvalue weighted by Crippen LogP contribution is -2.52. The molecule has 0 spiro atoms. The first kappa shape index (κ1) is 17.7. The van der Waals surface area contributed by atoms with Crippen LogP contribution >= 0.6 is 0 Å². The SMILES string of the molecule is CCCCOC(=O)c1nc(N2CC[C@H](N)[C@H](OCC)C2)oc1C. The van der Waals surface area contributed by atoms with Crippen molar-refractivity contribution in [3.8, 4) is 0 Å². The van der Waals surface area contributed by atoms with E-state index in [9.17, 15) is 4.79 Å². The molecule has 1 fully saturated rings. The summed E-state index contributed by atoms with van der Waals surface area (Å²) in [5.41, 5.74) is 6.33. The number of carbonyl (C=O) groups is 1. The zero-order valence-electron chi connectivity index (χ0n) is 14.2. The molecule has 1 aromatic rings. The van der Waals surface area contributed by atoms with Crippen LogP contribution in [0.3, 0.4) is 0 Å². The summed E-state index contributed by atoms with van der Waals surface area (Å²) in [6.45, 7) is 8.08. The molecule has 2 atom stereocenters. The minimum atomic E-state index is -0.430. The summed E-state index contributed by atoms with van der Waals surface area (Å²) < 4.78 is 16.5. The van der Waals surface area contributed by atoms with E-state index in [0.717, 1.165) is 25.8 Å². The summed E-state index contributed by atoms with van der Waals surface area (Å²) >= 11 is 0. The summed E-state index contributed by atoms with van der Waals surface area (Å²) in [5, 5.41) is 0. The van der Waals surface area contributed by atoms with Crippen LogP contribution in [0.1, 0.15) is 49.4 Å². The zero-order chi connectivity index (χ0) is 16.8. The fourth-order valence-electron chi connectivity index (χ4n) is 2.58. The van der Waals surface area contributed by atoms with E-state index in [-0.39, 0.29) is 17.8 Å². The van der Waals surface area contributed by atoms with E-state index in [1.54, 1.807) is 6.92 Å². The number of rotatable bonds is 7. The summed E-state index contributed by atoms with van der Waals surface area (Å²) in [4.78, 5) is 18.3. The number of unbranched alkanes of at least 4 members (excludes halogenated alkanes) is 1. The Bertz CT molecular complexity index is 517. The third-order valence-electron chi connectivity index (χ3n) is 3.97. The molecular formula is C16H27N3O4. The molecule has 130 valence electrons. The van der Waals surface area contributed by atoms with Crippen molar-refractivity contribution in [3.05, 3.63) is 11.5 Å². The molecule has 0 unspecified atom stereocenters. The van der Waals surface area contributed by atoms with E-state index in [4.69, 9.17) is 19.6 Å². The molecule has 0 saturated carbocycles. The van der Waals surface area contributed by atoms with Gasteiger partial charge in [0.25, 0.3) is 6.01 Å². The van der Waals surface area contributed by atoms with Crippen LogP contribution in [0.2, 0.25) is 0 Å². The van der Waals surface area contributed by atoms with Crippen LogP contribution in [0.15, 0.2) is 4.42 Å². The highest BCUT2D eigenvalue weighted by atomic mass is 16.5. The van der Waals surface area contributed by atoms with Crippen molar-refractivity contribution in [2.24, 2.45) is 5.73 Å². The Morgan fingerprint density at radius 3 is 2.96 bits per heavy atom. The highest BCUT2D eigenvalue weighted by Crippen LogP contribution is 2.23. The van der Waals surface area contributed by atoms with E-state index in [1.807, 2.05) is 18.7 Å². The molecule has 0 radical (unpaired) electrons. The van der Waals surface area contributed by atoms with E-state index >= 15 is 0 Å². The smallest absolute Gasteiger partial charge is 0.360 e. The Morgan fingerprint density at radius 2 is 2.26 bits per heavy atom. The van der Waals surface area contributed by atoms with Gasteiger partial charge in [0.15, 0.2) is 5.69 Å². The fourth-order valence-corrected chi connectivity index (χ4v) is 2.58. The number of aromatic nitrogens is 1. The topological polar surface area (TPSA) is 90.8 Å². The van der Waals surface area contributed by atoms with E-state index in [0.29, 0.717) is 31.5 Å². The molecule has 0 amide bonds. The molecule has 1 aromatic heterocycles. The van der Waals surface area contributed by atoms with Crippen LogP contribution in [0.5, 0.6) is 0 Å². The Labute approximate surface area is 137 Å². The van der Waals surface area contributed by atoms with Crippen LogP contribution in [-0.2, 0) is 9.47 Å². The molecule has 0 bridgehead atoms. The lowest BCUT2D eigenvalue weighted by molar-refractivity contribution is 0.0379. The number of esters is 1. The van der Waals surface area contributed by atoms with Gasteiger partial charge in [-0.05, 0) is 26.7 Å². The summed E-state index contributed by atoms with van der Waals surface area (Å²) in [6.07, 6.45) is 2.56. The molecule has 0 aliphatic carbocycles. The quantitative estimate of drug-likeness (QED) is 0.604. The van der Waals surface area contributed by atoms with E-state index < -0.39 is 5.97 Å². The van der Waals surface area contributed by atoms with Crippen LogP contribution in [0.4, 0.5) is 6.01 Å². The van der Waals surface area contributed by atoms with Gasteiger partial charge in [0.2, 0.25) is 0 Å². The van der Waals surface area contributed by atoms with Gasteiger partial charge in [0.05, 0.1) is 19.3 Å². The molecule has 1 aliphatic rings. The second-order valence-corrected chi connectivity index (χ2v) is 5.78.